The maximum atomic E-state index is 11.5. The van der Waals surface area contributed by atoms with Crippen LogP contribution in [0.15, 0.2) is 22.7 Å². The number of tetrazole rings is 1. The van der Waals surface area contributed by atoms with Crippen molar-refractivity contribution in [3.8, 4) is 11.4 Å². The lowest BCUT2D eigenvalue weighted by Gasteiger charge is -2.24. The van der Waals surface area contributed by atoms with Crippen molar-refractivity contribution in [3.63, 3.8) is 0 Å². The molecule has 0 bridgehead atoms. The zero-order valence-electron chi connectivity index (χ0n) is 11.5. The molecule has 0 spiro atoms. The number of nitrogens with zero attached hydrogens (tertiary/aromatic N) is 4. The van der Waals surface area contributed by atoms with Gasteiger partial charge in [-0.25, -0.2) is 9.48 Å². The summed E-state index contributed by atoms with van der Waals surface area (Å²) in [5.74, 6) is -0.513. The van der Waals surface area contributed by atoms with Crippen LogP contribution in [-0.4, -0.2) is 31.3 Å². The molecule has 2 rings (SSSR count). The smallest absolute Gasteiger partial charge is 0.331 e. The van der Waals surface area contributed by atoms with Crippen molar-refractivity contribution in [1.82, 2.24) is 20.2 Å². The molecule has 7 heteroatoms. The number of aromatic nitrogens is 4. The van der Waals surface area contributed by atoms with Crippen molar-refractivity contribution in [2.75, 3.05) is 0 Å². The van der Waals surface area contributed by atoms with E-state index in [9.17, 15) is 9.90 Å². The molecule has 0 fully saturated rings. The number of aliphatic carboxylic acids is 1. The fourth-order valence-corrected chi connectivity index (χ4v) is 2.56. The van der Waals surface area contributed by atoms with E-state index >= 15 is 0 Å². The van der Waals surface area contributed by atoms with Crippen molar-refractivity contribution in [3.05, 3.63) is 28.2 Å². The van der Waals surface area contributed by atoms with Crippen molar-refractivity contribution in [2.45, 2.75) is 32.7 Å². The minimum absolute atomic E-state index is 0.382. The average Bonchev–Trinajstić information content (AvgIpc) is 2.86. The van der Waals surface area contributed by atoms with Gasteiger partial charge in [0.1, 0.15) is 0 Å². The first-order chi connectivity index (χ1) is 9.38. The summed E-state index contributed by atoms with van der Waals surface area (Å²) in [5, 5.41) is 21.0. The quantitative estimate of drug-likeness (QED) is 0.926. The highest BCUT2D eigenvalue weighted by atomic mass is 79.9. The van der Waals surface area contributed by atoms with Crippen LogP contribution < -0.4 is 0 Å². The Kier molecular flexibility index (Phi) is 3.89. The van der Waals surface area contributed by atoms with Crippen LogP contribution in [0.4, 0.5) is 0 Å². The molecule has 6 nitrogen and oxygen atoms in total. The summed E-state index contributed by atoms with van der Waals surface area (Å²) in [6.45, 7) is 5.37. The lowest BCUT2D eigenvalue weighted by atomic mass is 9.99. The lowest BCUT2D eigenvalue weighted by Crippen LogP contribution is -2.39. The molecule has 1 unspecified atom stereocenters. The molecular weight excluding hydrogens is 324 g/mol. The van der Waals surface area contributed by atoms with E-state index in [2.05, 4.69) is 31.5 Å². The molecule has 1 heterocycles. The van der Waals surface area contributed by atoms with Gasteiger partial charge in [0.15, 0.2) is 11.4 Å². The highest BCUT2D eigenvalue weighted by Crippen LogP contribution is 2.28. The summed E-state index contributed by atoms with van der Waals surface area (Å²) in [5.41, 5.74) is 0.648. The van der Waals surface area contributed by atoms with Gasteiger partial charge in [-0.15, -0.1) is 5.10 Å². The number of halogens is 1. The molecule has 106 valence electrons. The van der Waals surface area contributed by atoms with Crippen molar-refractivity contribution in [2.24, 2.45) is 0 Å². The fraction of sp³-hybridized carbons (Fsp3) is 0.385. The number of aryl methyl sites for hydroxylation is 1. The van der Waals surface area contributed by atoms with Gasteiger partial charge in [-0.2, -0.15) is 0 Å². The molecule has 0 radical (unpaired) electrons. The van der Waals surface area contributed by atoms with Gasteiger partial charge in [-0.05, 0) is 54.5 Å². The molecule has 20 heavy (non-hydrogen) atoms. The predicted octanol–water partition coefficient (Wildman–Crippen LogP) is 2.62. The Hall–Kier alpha value is -1.76. The van der Waals surface area contributed by atoms with Gasteiger partial charge in [0.25, 0.3) is 0 Å². The third-order valence-electron chi connectivity index (χ3n) is 3.39. The zero-order chi connectivity index (χ0) is 14.9. The van der Waals surface area contributed by atoms with Crippen LogP contribution >= 0.6 is 15.9 Å². The lowest BCUT2D eigenvalue weighted by molar-refractivity contribution is -0.147. The highest BCUT2D eigenvalue weighted by Gasteiger charge is 2.37. The van der Waals surface area contributed by atoms with Crippen LogP contribution in [0.25, 0.3) is 11.4 Å². The summed E-state index contributed by atoms with van der Waals surface area (Å²) in [6, 6.07) is 5.76. The molecule has 1 aromatic carbocycles. The van der Waals surface area contributed by atoms with Gasteiger partial charge in [0.2, 0.25) is 0 Å². The first kappa shape index (κ1) is 14.6. The normalized spacial score (nSPS) is 14.0. The summed E-state index contributed by atoms with van der Waals surface area (Å²) < 4.78 is 2.27. The van der Waals surface area contributed by atoms with Gasteiger partial charge in [-0.1, -0.05) is 22.9 Å². The molecule has 0 saturated heterocycles. The molecule has 1 atom stereocenters. The molecule has 2 aromatic rings. The molecule has 0 saturated carbocycles. The van der Waals surface area contributed by atoms with Gasteiger partial charge in [0.05, 0.1) is 0 Å². The Morgan fingerprint density at radius 1 is 1.45 bits per heavy atom. The van der Waals surface area contributed by atoms with Crippen molar-refractivity contribution < 1.29 is 9.90 Å². The average molecular weight is 339 g/mol. The van der Waals surface area contributed by atoms with E-state index < -0.39 is 11.5 Å². The summed E-state index contributed by atoms with van der Waals surface area (Å²) in [7, 11) is 0. The van der Waals surface area contributed by atoms with E-state index in [0.717, 1.165) is 15.6 Å². The van der Waals surface area contributed by atoms with Gasteiger partial charge in [0, 0.05) is 10.0 Å². The molecule has 0 aliphatic rings. The molecule has 1 aromatic heterocycles. The van der Waals surface area contributed by atoms with Crippen LogP contribution in [0, 0.1) is 6.92 Å². The zero-order valence-corrected chi connectivity index (χ0v) is 13.0. The van der Waals surface area contributed by atoms with E-state index in [0.29, 0.717) is 12.2 Å². The predicted molar refractivity (Wildman–Crippen MR) is 77.3 cm³/mol. The van der Waals surface area contributed by atoms with E-state index in [4.69, 9.17) is 0 Å². The second kappa shape index (κ2) is 5.32. The number of benzene rings is 1. The number of hydrogen-bond donors (Lipinski definition) is 1. The Bertz CT molecular complexity index is 635. The topological polar surface area (TPSA) is 80.9 Å². The second-order valence-corrected chi connectivity index (χ2v) is 5.78. The molecule has 0 aliphatic carbocycles. The third-order valence-corrected chi connectivity index (χ3v) is 3.84. The first-order valence-electron chi connectivity index (χ1n) is 6.18. The van der Waals surface area contributed by atoms with Gasteiger partial charge < -0.3 is 5.11 Å². The highest BCUT2D eigenvalue weighted by molar-refractivity contribution is 9.10. The largest absolute Gasteiger partial charge is 0.479 e. The molecule has 1 N–H and O–H groups in total. The Balaban J connectivity index is 2.61. The number of carboxylic acid groups (broad SMARTS) is 1. The minimum Gasteiger partial charge on any atom is -0.479 e. The second-order valence-electron chi connectivity index (χ2n) is 4.86. The number of rotatable bonds is 4. The maximum absolute atomic E-state index is 11.5. The molecule has 0 aliphatic heterocycles. The van der Waals surface area contributed by atoms with E-state index in [1.54, 1.807) is 13.8 Å². The van der Waals surface area contributed by atoms with Crippen molar-refractivity contribution in [1.29, 1.82) is 0 Å². The maximum Gasteiger partial charge on any atom is 0.331 e. The Morgan fingerprint density at radius 2 is 2.15 bits per heavy atom. The van der Waals surface area contributed by atoms with Crippen molar-refractivity contribution >= 4 is 21.9 Å². The summed E-state index contributed by atoms with van der Waals surface area (Å²) in [6.07, 6.45) is 0.382. The van der Waals surface area contributed by atoms with Crippen LogP contribution in [0.2, 0.25) is 0 Å². The SMILES string of the molecule is CCC(C)(C(=O)O)n1nnnc1-c1cc(C)cc(Br)c1. The van der Waals surface area contributed by atoms with E-state index in [-0.39, 0.29) is 0 Å². The minimum atomic E-state index is -1.17. The van der Waals surface area contributed by atoms with E-state index in [1.807, 2.05) is 25.1 Å². The molecular formula is C13H15BrN4O2. The standard InChI is InChI=1S/C13H15BrN4O2/c1-4-13(3,12(19)20)18-11(15-16-17-18)9-5-8(2)6-10(14)7-9/h5-7H,4H2,1-3H3,(H,19,20). The van der Waals surface area contributed by atoms with Gasteiger partial charge >= 0.3 is 5.97 Å². The first-order valence-corrected chi connectivity index (χ1v) is 6.97. The summed E-state index contributed by atoms with van der Waals surface area (Å²) >= 11 is 3.43. The monoisotopic (exact) mass is 338 g/mol. The van der Waals surface area contributed by atoms with Gasteiger partial charge in [-0.3, -0.25) is 0 Å². The Morgan fingerprint density at radius 3 is 2.70 bits per heavy atom. The van der Waals surface area contributed by atoms with E-state index in [1.165, 1.54) is 4.68 Å². The fourth-order valence-electron chi connectivity index (χ4n) is 1.96. The molecule has 0 amide bonds. The Labute approximate surface area is 124 Å². The van der Waals surface area contributed by atoms with Crippen LogP contribution in [0.5, 0.6) is 0 Å². The van der Waals surface area contributed by atoms with Crippen LogP contribution in [0.1, 0.15) is 25.8 Å². The third kappa shape index (κ3) is 2.45. The number of carbonyl (C=O) groups is 1. The van der Waals surface area contributed by atoms with Crippen LogP contribution in [0.3, 0.4) is 0 Å². The summed E-state index contributed by atoms with van der Waals surface area (Å²) in [4.78, 5) is 11.5. The number of hydrogen-bond acceptors (Lipinski definition) is 4. The van der Waals surface area contributed by atoms with Crippen LogP contribution in [-0.2, 0) is 10.3 Å². The number of carboxylic acids is 1.